The van der Waals surface area contributed by atoms with Gasteiger partial charge in [0.1, 0.15) is 5.52 Å². The van der Waals surface area contributed by atoms with Crippen LogP contribution in [0.1, 0.15) is 25.5 Å². The van der Waals surface area contributed by atoms with Gasteiger partial charge in [-0.3, -0.25) is 0 Å². The molecule has 6 nitrogen and oxygen atoms in total. The Morgan fingerprint density at radius 3 is 2.50 bits per heavy atom. The number of hydrogen-bond donors (Lipinski definition) is 0. The molecule has 2 aromatic heterocycles. The van der Waals surface area contributed by atoms with Crippen molar-refractivity contribution < 1.29 is 4.52 Å². The van der Waals surface area contributed by atoms with E-state index in [0.29, 0.717) is 11.7 Å². The van der Waals surface area contributed by atoms with E-state index in [1.54, 1.807) is 0 Å². The van der Waals surface area contributed by atoms with Gasteiger partial charge < -0.3 is 4.52 Å². The third-order valence-electron chi connectivity index (χ3n) is 3.94. The van der Waals surface area contributed by atoms with Crippen LogP contribution in [0.3, 0.4) is 0 Å². The molecule has 0 aliphatic heterocycles. The smallest absolute Gasteiger partial charge is 0.258 e. The van der Waals surface area contributed by atoms with Crippen LogP contribution in [-0.4, -0.2) is 25.1 Å². The summed E-state index contributed by atoms with van der Waals surface area (Å²) in [6, 6.07) is 14.2. The Morgan fingerprint density at radius 1 is 1.00 bits per heavy atom. The zero-order valence-electron chi connectivity index (χ0n) is 13.8. The SMILES string of the molecule is Cc1ccc(-c2nc(-c3ccc4c(c3)nnn4C(C)C)no2)cc1. The maximum Gasteiger partial charge on any atom is 0.258 e. The van der Waals surface area contributed by atoms with Crippen LogP contribution in [0.2, 0.25) is 0 Å². The molecule has 0 fully saturated rings. The minimum absolute atomic E-state index is 0.263. The lowest BCUT2D eigenvalue weighted by Crippen LogP contribution is -2.02. The van der Waals surface area contributed by atoms with E-state index in [1.807, 2.05) is 54.1 Å². The molecule has 0 radical (unpaired) electrons. The van der Waals surface area contributed by atoms with Gasteiger partial charge in [0.05, 0.1) is 5.52 Å². The van der Waals surface area contributed by atoms with Crippen LogP contribution in [0.5, 0.6) is 0 Å². The Balaban J connectivity index is 1.71. The lowest BCUT2D eigenvalue weighted by atomic mass is 10.1. The van der Waals surface area contributed by atoms with Gasteiger partial charge in [0.15, 0.2) is 0 Å². The van der Waals surface area contributed by atoms with E-state index < -0.39 is 0 Å². The molecule has 0 saturated heterocycles. The highest BCUT2D eigenvalue weighted by Crippen LogP contribution is 2.25. The summed E-state index contributed by atoms with van der Waals surface area (Å²) in [7, 11) is 0. The summed E-state index contributed by atoms with van der Waals surface area (Å²) in [6.07, 6.45) is 0. The molecule has 2 aromatic carbocycles. The molecule has 0 atom stereocenters. The number of benzene rings is 2. The van der Waals surface area contributed by atoms with E-state index in [0.717, 1.165) is 22.2 Å². The van der Waals surface area contributed by atoms with Crippen LogP contribution in [0.4, 0.5) is 0 Å². The first kappa shape index (κ1) is 14.6. The van der Waals surface area contributed by atoms with Crippen molar-refractivity contribution in [2.45, 2.75) is 26.8 Å². The molecular formula is C18H17N5O. The standard InChI is InChI=1S/C18H17N5O/c1-11(2)23-16-9-8-14(10-15(16)20-22-23)17-19-18(24-21-17)13-6-4-12(3)5-7-13/h4-11H,1-3H3. The van der Waals surface area contributed by atoms with Gasteiger partial charge in [0, 0.05) is 17.2 Å². The molecule has 4 aromatic rings. The second-order valence-corrected chi connectivity index (χ2v) is 6.12. The molecule has 2 heterocycles. The number of aryl methyl sites for hydroxylation is 1. The van der Waals surface area contributed by atoms with Gasteiger partial charge in [-0.2, -0.15) is 4.98 Å². The largest absolute Gasteiger partial charge is 0.334 e. The van der Waals surface area contributed by atoms with Gasteiger partial charge in [-0.15, -0.1) is 5.10 Å². The predicted molar refractivity (Wildman–Crippen MR) is 91.4 cm³/mol. The van der Waals surface area contributed by atoms with Crippen molar-refractivity contribution >= 4 is 11.0 Å². The van der Waals surface area contributed by atoms with Crippen molar-refractivity contribution in [2.75, 3.05) is 0 Å². The molecule has 6 heteroatoms. The zero-order chi connectivity index (χ0) is 16.7. The summed E-state index contributed by atoms with van der Waals surface area (Å²) < 4.78 is 7.29. The molecule has 24 heavy (non-hydrogen) atoms. The summed E-state index contributed by atoms with van der Waals surface area (Å²) in [6.45, 7) is 6.20. The zero-order valence-corrected chi connectivity index (χ0v) is 13.8. The number of fused-ring (bicyclic) bond motifs is 1. The minimum atomic E-state index is 0.263. The fraction of sp³-hybridized carbons (Fsp3) is 0.222. The van der Waals surface area contributed by atoms with Crippen LogP contribution in [-0.2, 0) is 0 Å². The minimum Gasteiger partial charge on any atom is -0.334 e. The first-order chi connectivity index (χ1) is 11.6. The van der Waals surface area contributed by atoms with Crippen molar-refractivity contribution in [3.63, 3.8) is 0 Å². The molecule has 0 spiro atoms. The van der Waals surface area contributed by atoms with Gasteiger partial charge in [0.2, 0.25) is 5.82 Å². The van der Waals surface area contributed by atoms with E-state index in [2.05, 4.69) is 34.3 Å². The summed E-state index contributed by atoms with van der Waals surface area (Å²) in [5.41, 5.74) is 4.78. The van der Waals surface area contributed by atoms with Crippen LogP contribution in [0.25, 0.3) is 33.9 Å². The van der Waals surface area contributed by atoms with Crippen molar-refractivity contribution in [1.29, 1.82) is 0 Å². The predicted octanol–water partition coefficient (Wildman–Crippen LogP) is 4.04. The third-order valence-corrected chi connectivity index (χ3v) is 3.94. The summed E-state index contributed by atoms with van der Waals surface area (Å²) in [5, 5.41) is 12.5. The Hall–Kier alpha value is -3.02. The first-order valence-electron chi connectivity index (χ1n) is 7.88. The van der Waals surface area contributed by atoms with E-state index >= 15 is 0 Å². The Labute approximate surface area is 139 Å². The van der Waals surface area contributed by atoms with Gasteiger partial charge in [-0.1, -0.05) is 28.1 Å². The number of hydrogen-bond acceptors (Lipinski definition) is 5. The Morgan fingerprint density at radius 2 is 1.75 bits per heavy atom. The summed E-state index contributed by atoms with van der Waals surface area (Å²) >= 11 is 0. The number of aromatic nitrogens is 5. The van der Waals surface area contributed by atoms with Crippen molar-refractivity contribution in [2.24, 2.45) is 0 Å². The Kier molecular flexibility index (Phi) is 3.37. The van der Waals surface area contributed by atoms with Crippen molar-refractivity contribution in [3.05, 3.63) is 48.0 Å². The molecule has 0 N–H and O–H groups in total. The second kappa shape index (κ2) is 5.56. The van der Waals surface area contributed by atoms with E-state index in [1.165, 1.54) is 5.56 Å². The fourth-order valence-corrected chi connectivity index (χ4v) is 2.62. The highest BCUT2D eigenvalue weighted by molar-refractivity contribution is 5.80. The fourth-order valence-electron chi connectivity index (χ4n) is 2.62. The molecule has 0 amide bonds. The molecule has 4 rings (SSSR count). The van der Waals surface area contributed by atoms with Crippen LogP contribution in [0, 0.1) is 6.92 Å². The van der Waals surface area contributed by atoms with Gasteiger partial charge in [-0.05, 0) is 51.1 Å². The van der Waals surface area contributed by atoms with Gasteiger partial charge in [-0.25, -0.2) is 4.68 Å². The van der Waals surface area contributed by atoms with Crippen molar-refractivity contribution in [3.8, 4) is 22.8 Å². The average molecular weight is 319 g/mol. The van der Waals surface area contributed by atoms with Gasteiger partial charge in [0.25, 0.3) is 5.89 Å². The molecule has 120 valence electrons. The normalized spacial score (nSPS) is 11.5. The molecule has 0 saturated carbocycles. The van der Waals surface area contributed by atoms with Crippen molar-refractivity contribution in [1.82, 2.24) is 25.1 Å². The van der Waals surface area contributed by atoms with Gasteiger partial charge >= 0.3 is 0 Å². The average Bonchev–Trinajstić information content (AvgIpc) is 3.22. The van der Waals surface area contributed by atoms with E-state index in [-0.39, 0.29) is 6.04 Å². The monoisotopic (exact) mass is 319 g/mol. The molecule has 0 aliphatic rings. The van der Waals surface area contributed by atoms with E-state index in [9.17, 15) is 0 Å². The number of nitrogens with zero attached hydrogens (tertiary/aromatic N) is 5. The molecular weight excluding hydrogens is 302 g/mol. The lowest BCUT2D eigenvalue weighted by Gasteiger charge is -2.04. The van der Waals surface area contributed by atoms with Crippen LogP contribution in [0.15, 0.2) is 47.0 Å². The molecule has 0 unspecified atom stereocenters. The second-order valence-electron chi connectivity index (χ2n) is 6.12. The topological polar surface area (TPSA) is 69.6 Å². The van der Waals surface area contributed by atoms with Crippen LogP contribution >= 0.6 is 0 Å². The maximum atomic E-state index is 5.40. The highest BCUT2D eigenvalue weighted by Gasteiger charge is 2.13. The first-order valence-corrected chi connectivity index (χ1v) is 7.88. The highest BCUT2D eigenvalue weighted by atomic mass is 16.5. The van der Waals surface area contributed by atoms with E-state index in [4.69, 9.17) is 4.52 Å². The molecule has 0 aliphatic carbocycles. The number of rotatable bonds is 3. The third kappa shape index (κ3) is 2.46. The molecule has 0 bridgehead atoms. The maximum absolute atomic E-state index is 5.40. The Bertz CT molecular complexity index is 998. The summed E-state index contributed by atoms with van der Waals surface area (Å²) in [5.74, 6) is 1.06. The lowest BCUT2D eigenvalue weighted by molar-refractivity contribution is 0.432. The van der Waals surface area contributed by atoms with Crippen LogP contribution < -0.4 is 0 Å². The quantitative estimate of drug-likeness (QED) is 0.570. The summed E-state index contributed by atoms with van der Waals surface area (Å²) in [4.78, 5) is 4.50.